The number of carbonyl (C=O) groups is 2. The van der Waals surface area contributed by atoms with Crippen LogP contribution in [0.3, 0.4) is 0 Å². The van der Waals surface area contributed by atoms with Gasteiger partial charge in [0.15, 0.2) is 5.60 Å². The van der Waals surface area contributed by atoms with Gasteiger partial charge in [0.05, 0.1) is 13.0 Å². The van der Waals surface area contributed by atoms with Crippen molar-refractivity contribution in [1.29, 1.82) is 0 Å². The van der Waals surface area contributed by atoms with Gasteiger partial charge in [-0.05, 0) is 29.5 Å². The molecule has 2 amide bonds. The summed E-state index contributed by atoms with van der Waals surface area (Å²) in [6.45, 7) is 0.514. The highest BCUT2D eigenvalue weighted by molar-refractivity contribution is 5.85. The molecule has 5 nitrogen and oxygen atoms in total. The van der Waals surface area contributed by atoms with E-state index < -0.39 is 11.5 Å². The summed E-state index contributed by atoms with van der Waals surface area (Å²) >= 11 is 0. The van der Waals surface area contributed by atoms with Gasteiger partial charge in [0.1, 0.15) is 0 Å². The Bertz CT molecular complexity index is 758. The average Bonchev–Trinajstić information content (AvgIpc) is 2.63. The summed E-state index contributed by atoms with van der Waals surface area (Å²) in [5.41, 5.74) is 6.78. The number of primary amides is 1. The van der Waals surface area contributed by atoms with E-state index in [0.29, 0.717) is 19.4 Å². The monoisotopic (exact) mass is 338 g/mol. The second-order valence-corrected chi connectivity index (χ2v) is 6.55. The summed E-state index contributed by atoms with van der Waals surface area (Å²) in [4.78, 5) is 25.4. The number of hydrogen-bond donors (Lipinski definition) is 2. The van der Waals surface area contributed by atoms with E-state index in [2.05, 4.69) is 0 Å². The first-order valence-electron chi connectivity index (χ1n) is 8.42. The van der Waals surface area contributed by atoms with Crippen molar-refractivity contribution >= 4 is 11.8 Å². The molecule has 0 saturated carbocycles. The van der Waals surface area contributed by atoms with Crippen molar-refractivity contribution in [1.82, 2.24) is 4.90 Å². The number of piperidine rings is 1. The van der Waals surface area contributed by atoms with Gasteiger partial charge in [-0.3, -0.25) is 9.59 Å². The first kappa shape index (κ1) is 17.2. The Morgan fingerprint density at radius 2 is 1.68 bits per heavy atom. The number of β-amino-alcohol motifs (C(OH)–C–C–N with tert-alkyl or cyclic N) is 1. The molecule has 0 aliphatic carbocycles. The summed E-state index contributed by atoms with van der Waals surface area (Å²) in [5.74, 6) is -0.871. The normalized spacial score (nSPS) is 20.3. The molecule has 5 heteroatoms. The molecule has 0 unspecified atom stereocenters. The number of rotatable bonds is 4. The van der Waals surface area contributed by atoms with Crippen LogP contribution in [0.15, 0.2) is 54.6 Å². The van der Waals surface area contributed by atoms with Crippen LogP contribution in [0.2, 0.25) is 0 Å². The van der Waals surface area contributed by atoms with Crippen molar-refractivity contribution in [2.75, 3.05) is 13.1 Å². The fourth-order valence-electron chi connectivity index (χ4n) is 3.18. The molecule has 1 saturated heterocycles. The van der Waals surface area contributed by atoms with Gasteiger partial charge in [0, 0.05) is 6.54 Å². The number of amides is 2. The Labute approximate surface area is 147 Å². The lowest BCUT2D eigenvalue weighted by Gasteiger charge is -2.37. The zero-order valence-corrected chi connectivity index (χ0v) is 14.0. The lowest BCUT2D eigenvalue weighted by Crippen LogP contribution is -2.57. The minimum Gasteiger partial charge on any atom is -0.378 e. The zero-order chi connectivity index (χ0) is 17.9. The van der Waals surface area contributed by atoms with Crippen molar-refractivity contribution in [3.63, 3.8) is 0 Å². The van der Waals surface area contributed by atoms with E-state index in [1.54, 1.807) is 0 Å². The van der Waals surface area contributed by atoms with Crippen LogP contribution in [0.4, 0.5) is 0 Å². The fourth-order valence-corrected chi connectivity index (χ4v) is 3.18. The highest BCUT2D eigenvalue weighted by Crippen LogP contribution is 2.23. The molecule has 0 bridgehead atoms. The minimum absolute atomic E-state index is 0.0245. The molecule has 130 valence electrons. The van der Waals surface area contributed by atoms with Crippen molar-refractivity contribution < 1.29 is 14.7 Å². The standard InChI is InChI=1S/C20H22N2O3/c21-19(24)20(25)11-4-12-22(14-20)18(23)13-15-7-9-17(10-8-15)16-5-2-1-3-6-16/h1-3,5-10,25H,4,11-14H2,(H2,21,24)/t20-/m1/s1. The molecule has 25 heavy (non-hydrogen) atoms. The molecule has 2 aromatic carbocycles. The van der Waals surface area contributed by atoms with Gasteiger partial charge >= 0.3 is 0 Å². The molecule has 1 aliphatic rings. The lowest BCUT2D eigenvalue weighted by molar-refractivity contribution is -0.148. The zero-order valence-electron chi connectivity index (χ0n) is 14.0. The Kier molecular flexibility index (Phi) is 4.86. The second kappa shape index (κ2) is 7.07. The predicted molar refractivity (Wildman–Crippen MR) is 95.5 cm³/mol. The summed E-state index contributed by atoms with van der Waals surface area (Å²) in [6.07, 6.45) is 1.11. The van der Waals surface area contributed by atoms with Crippen molar-refractivity contribution in [2.24, 2.45) is 5.73 Å². The third-order valence-electron chi connectivity index (χ3n) is 4.70. The van der Waals surface area contributed by atoms with Gasteiger partial charge in [-0.1, -0.05) is 54.6 Å². The lowest BCUT2D eigenvalue weighted by atomic mass is 9.92. The molecular formula is C20H22N2O3. The molecule has 1 heterocycles. The summed E-state index contributed by atoms with van der Waals surface area (Å²) in [5, 5.41) is 10.2. The van der Waals surface area contributed by atoms with Crippen LogP contribution in [0.5, 0.6) is 0 Å². The van der Waals surface area contributed by atoms with Crippen LogP contribution in [0.25, 0.3) is 11.1 Å². The van der Waals surface area contributed by atoms with Gasteiger partial charge in [0.2, 0.25) is 5.91 Å². The molecule has 3 rings (SSSR count). The van der Waals surface area contributed by atoms with Crippen molar-refractivity contribution in [2.45, 2.75) is 24.9 Å². The number of aliphatic hydroxyl groups is 1. The Balaban J connectivity index is 1.66. The number of benzene rings is 2. The topological polar surface area (TPSA) is 83.6 Å². The highest BCUT2D eigenvalue weighted by Gasteiger charge is 2.40. The molecule has 1 fully saturated rings. The molecule has 0 aromatic heterocycles. The van der Waals surface area contributed by atoms with Crippen LogP contribution in [0, 0.1) is 0 Å². The van der Waals surface area contributed by atoms with E-state index in [-0.39, 0.29) is 18.9 Å². The van der Waals surface area contributed by atoms with E-state index >= 15 is 0 Å². The van der Waals surface area contributed by atoms with Gasteiger partial charge < -0.3 is 15.7 Å². The maximum absolute atomic E-state index is 12.5. The molecule has 0 spiro atoms. The van der Waals surface area contributed by atoms with E-state index in [1.165, 1.54) is 4.90 Å². The number of nitrogens with zero attached hydrogens (tertiary/aromatic N) is 1. The van der Waals surface area contributed by atoms with Crippen LogP contribution in [0.1, 0.15) is 18.4 Å². The van der Waals surface area contributed by atoms with Crippen molar-refractivity contribution in [3.8, 4) is 11.1 Å². The van der Waals surface area contributed by atoms with E-state index in [9.17, 15) is 14.7 Å². The Hall–Kier alpha value is -2.66. The predicted octanol–water partition coefficient (Wildman–Crippen LogP) is 1.73. The molecular weight excluding hydrogens is 316 g/mol. The van der Waals surface area contributed by atoms with Crippen molar-refractivity contribution in [3.05, 3.63) is 60.2 Å². The van der Waals surface area contributed by atoms with Crippen LogP contribution in [-0.2, 0) is 16.0 Å². The number of nitrogens with two attached hydrogens (primary N) is 1. The van der Waals surface area contributed by atoms with E-state index in [0.717, 1.165) is 16.7 Å². The molecule has 3 N–H and O–H groups in total. The Morgan fingerprint density at radius 1 is 1.04 bits per heavy atom. The van der Waals surface area contributed by atoms with Gasteiger partial charge in [-0.25, -0.2) is 0 Å². The minimum atomic E-state index is -1.61. The smallest absolute Gasteiger partial charge is 0.251 e. The van der Waals surface area contributed by atoms with E-state index in [4.69, 9.17) is 5.73 Å². The SMILES string of the molecule is NC(=O)[C@@]1(O)CCCN(C(=O)Cc2ccc(-c3ccccc3)cc2)C1. The summed E-state index contributed by atoms with van der Waals surface area (Å²) in [7, 11) is 0. The maximum atomic E-state index is 12.5. The maximum Gasteiger partial charge on any atom is 0.251 e. The van der Waals surface area contributed by atoms with Crippen LogP contribution < -0.4 is 5.73 Å². The summed E-state index contributed by atoms with van der Waals surface area (Å²) in [6, 6.07) is 17.9. The number of likely N-dealkylation sites (tertiary alicyclic amines) is 1. The second-order valence-electron chi connectivity index (χ2n) is 6.55. The largest absolute Gasteiger partial charge is 0.378 e. The highest BCUT2D eigenvalue weighted by atomic mass is 16.3. The van der Waals surface area contributed by atoms with Gasteiger partial charge in [0.25, 0.3) is 5.91 Å². The average molecular weight is 338 g/mol. The first-order valence-corrected chi connectivity index (χ1v) is 8.42. The third-order valence-corrected chi connectivity index (χ3v) is 4.70. The first-order chi connectivity index (χ1) is 12.0. The van der Waals surface area contributed by atoms with Gasteiger partial charge in [-0.15, -0.1) is 0 Å². The molecule has 1 aliphatic heterocycles. The Morgan fingerprint density at radius 3 is 2.32 bits per heavy atom. The third kappa shape index (κ3) is 3.88. The number of carbonyl (C=O) groups excluding carboxylic acids is 2. The van der Waals surface area contributed by atoms with Crippen LogP contribution >= 0.6 is 0 Å². The molecule has 2 aromatic rings. The molecule has 1 atom stereocenters. The van der Waals surface area contributed by atoms with Gasteiger partial charge in [-0.2, -0.15) is 0 Å². The number of hydrogen-bond acceptors (Lipinski definition) is 3. The fraction of sp³-hybridized carbons (Fsp3) is 0.300. The molecule has 0 radical (unpaired) electrons. The van der Waals surface area contributed by atoms with Crippen LogP contribution in [-0.4, -0.2) is 40.5 Å². The summed E-state index contributed by atoms with van der Waals surface area (Å²) < 4.78 is 0. The van der Waals surface area contributed by atoms with E-state index in [1.807, 2.05) is 54.6 Å². The quantitative estimate of drug-likeness (QED) is 0.890.